The van der Waals surface area contributed by atoms with E-state index in [9.17, 15) is 0 Å². The van der Waals surface area contributed by atoms with Crippen molar-refractivity contribution < 1.29 is 0 Å². The number of rotatable bonds is 1. The average Bonchev–Trinajstić information content (AvgIpc) is 1.95. The smallest absolute Gasteiger partial charge is 0.0831 e. The van der Waals surface area contributed by atoms with Crippen LogP contribution in [0.4, 0.5) is 0 Å². The summed E-state index contributed by atoms with van der Waals surface area (Å²) in [6.45, 7) is 0. The summed E-state index contributed by atoms with van der Waals surface area (Å²) >= 11 is 7.60. The summed E-state index contributed by atoms with van der Waals surface area (Å²) in [6.07, 6.45) is 1.77. The summed E-state index contributed by atoms with van der Waals surface area (Å²) in [5.41, 5.74) is 1.07. The molecule has 10 heavy (non-hydrogen) atoms. The van der Waals surface area contributed by atoms with Crippen molar-refractivity contribution in [2.45, 2.75) is 0 Å². The Hall–Kier alpha value is -0.0900. The van der Waals surface area contributed by atoms with Crippen LogP contribution in [0.15, 0.2) is 27.5 Å². The zero-order chi connectivity index (χ0) is 7.40. The predicted molar refractivity (Wildman–Crippen MR) is 53.1 cm³/mol. The van der Waals surface area contributed by atoms with E-state index in [1.165, 1.54) is 0 Å². The zero-order valence-electron chi connectivity index (χ0n) is 5.09. The molecule has 0 atom stereocenters. The molecule has 0 radical (unpaired) electrons. The lowest BCUT2D eigenvalue weighted by molar-refractivity contribution is 1.67. The van der Waals surface area contributed by atoms with Gasteiger partial charge in [-0.05, 0) is 17.7 Å². The minimum Gasteiger partial charge on any atom is -0.223 e. The van der Waals surface area contributed by atoms with Gasteiger partial charge in [0.15, 0.2) is 0 Å². The van der Waals surface area contributed by atoms with Gasteiger partial charge in [-0.3, -0.25) is 0 Å². The first-order chi connectivity index (χ1) is 4.83. The lowest BCUT2D eigenvalue weighted by atomic mass is 10.2. The molecule has 0 aliphatic heterocycles. The van der Waals surface area contributed by atoms with Gasteiger partial charge in [-0.25, -0.2) is 3.21 Å². The molecule has 0 saturated heterocycles. The van der Waals surface area contributed by atoms with Crippen molar-refractivity contribution in [2.75, 3.05) is 0 Å². The van der Waals surface area contributed by atoms with E-state index in [0.29, 0.717) is 0 Å². The summed E-state index contributed by atoms with van der Waals surface area (Å²) in [6, 6.07) is 7.53. The fourth-order valence-electron chi connectivity index (χ4n) is 0.605. The Labute approximate surface area is 78.6 Å². The molecule has 1 rings (SSSR count). The molecule has 0 aromatic heterocycles. The van der Waals surface area contributed by atoms with Crippen LogP contribution in [0.25, 0.3) is 0 Å². The van der Waals surface area contributed by atoms with E-state index in [0.717, 1.165) is 10.6 Å². The molecule has 0 spiro atoms. The van der Waals surface area contributed by atoms with Crippen LogP contribution in [-0.4, -0.2) is 6.21 Å². The number of nitrogens with zero attached hydrogens (tertiary/aromatic N) is 1. The van der Waals surface area contributed by atoms with Gasteiger partial charge >= 0.3 is 0 Å². The third-order valence-corrected chi connectivity index (χ3v) is 1.60. The van der Waals surface area contributed by atoms with Gasteiger partial charge < -0.3 is 0 Å². The van der Waals surface area contributed by atoms with Gasteiger partial charge in [-0.2, -0.15) is 0 Å². The highest BCUT2D eigenvalue weighted by atomic mass is 127. The van der Waals surface area contributed by atoms with Gasteiger partial charge in [0.2, 0.25) is 0 Å². The third kappa shape index (κ3) is 2.27. The molecular formula is C7H5ClIN. The molecule has 52 valence electrons. The minimum absolute atomic E-state index is 0.755. The quantitative estimate of drug-likeness (QED) is 0.546. The summed E-state index contributed by atoms with van der Waals surface area (Å²) in [4.78, 5) is 0. The van der Waals surface area contributed by atoms with E-state index in [1.807, 2.05) is 47.1 Å². The second-order valence-corrected chi connectivity index (χ2v) is 2.77. The molecule has 3 heteroatoms. The van der Waals surface area contributed by atoms with Gasteiger partial charge in [0.05, 0.1) is 22.9 Å². The fourth-order valence-corrected chi connectivity index (χ4v) is 1.05. The average molecular weight is 265 g/mol. The molecule has 0 fully saturated rings. The van der Waals surface area contributed by atoms with E-state index in [-0.39, 0.29) is 0 Å². The van der Waals surface area contributed by atoms with Crippen molar-refractivity contribution in [3.05, 3.63) is 34.9 Å². The molecule has 0 N–H and O–H groups in total. The van der Waals surface area contributed by atoms with Crippen LogP contribution >= 0.6 is 34.5 Å². The molecule has 1 aromatic rings. The first kappa shape index (κ1) is 8.01. The molecule has 0 aliphatic carbocycles. The normalized spacial score (nSPS) is 10.6. The fraction of sp³-hybridized carbons (Fsp3) is 0. The van der Waals surface area contributed by atoms with Crippen LogP contribution in [0.2, 0.25) is 5.02 Å². The summed E-state index contributed by atoms with van der Waals surface area (Å²) in [5.74, 6) is 0. The van der Waals surface area contributed by atoms with Crippen LogP contribution in [0, 0.1) is 0 Å². The van der Waals surface area contributed by atoms with Crippen molar-refractivity contribution in [1.29, 1.82) is 0 Å². The van der Waals surface area contributed by atoms with Gasteiger partial charge in [0.25, 0.3) is 0 Å². The Kier molecular flexibility index (Phi) is 3.15. The van der Waals surface area contributed by atoms with E-state index < -0.39 is 0 Å². The van der Waals surface area contributed by atoms with Gasteiger partial charge in [-0.1, -0.05) is 23.7 Å². The maximum Gasteiger partial charge on any atom is 0.0831 e. The molecule has 0 bridgehead atoms. The zero-order valence-corrected chi connectivity index (χ0v) is 8.00. The van der Waals surface area contributed by atoms with Crippen molar-refractivity contribution in [3.63, 3.8) is 0 Å². The second-order valence-electron chi connectivity index (χ2n) is 1.78. The van der Waals surface area contributed by atoms with Crippen LogP contribution < -0.4 is 0 Å². The lowest BCUT2D eigenvalue weighted by Crippen LogP contribution is -1.76. The monoisotopic (exact) mass is 265 g/mol. The number of halogens is 2. The molecular weight excluding hydrogens is 260 g/mol. The summed E-state index contributed by atoms with van der Waals surface area (Å²) in [7, 11) is 0. The van der Waals surface area contributed by atoms with Crippen LogP contribution in [0.1, 0.15) is 5.56 Å². The summed E-state index contributed by atoms with van der Waals surface area (Å²) < 4.78 is 3.84. The Morgan fingerprint density at radius 3 is 2.40 bits per heavy atom. The van der Waals surface area contributed by atoms with E-state index in [2.05, 4.69) is 3.21 Å². The standard InChI is InChI=1S/C7H5ClIN/c8-7-3-1-6(2-4-7)5-10-9/h1-5H. The van der Waals surface area contributed by atoms with Gasteiger partial charge in [0.1, 0.15) is 0 Å². The Morgan fingerprint density at radius 2 is 1.90 bits per heavy atom. The SMILES string of the molecule is Clc1ccc(C=NI)cc1. The molecule has 0 heterocycles. The van der Waals surface area contributed by atoms with Crippen molar-refractivity contribution >= 4 is 40.7 Å². The van der Waals surface area contributed by atoms with E-state index in [1.54, 1.807) is 6.21 Å². The largest absolute Gasteiger partial charge is 0.223 e. The number of hydrogen-bond donors (Lipinski definition) is 0. The number of benzene rings is 1. The highest BCUT2D eigenvalue weighted by molar-refractivity contribution is 14.1. The maximum atomic E-state index is 5.67. The highest BCUT2D eigenvalue weighted by Crippen LogP contribution is 2.07. The minimum atomic E-state index is 0.755. The molecule has 0 aliphatic rings. The van der Waals surface area contributed by atoms with Crippen molar-refractivity contribution in [1.82, 2.24) is 0 Å². The summed E-state index contributed by atoms with van der Waals surface area (Å²) in [5, 5.41) is 0.755. The third-order valence-electron chi connectivity index (χ3n) is 1.07. The van der Waals surface area contributed by atoms with Gasteiger partial charge in [0, 0.05) is 11.2 Å². The van der Waals surface area contributed by atoms with Crippen molar-refractivity contribution in [2.24, 2.45) is 3.21 Å². The van der Waals surface area contributed by atoms with E-state index in [4.69, 9.17) is 11.6 Å². The van der Waals surface area contributed by atoms with Gasteiger partial charge in [-0.15, -0.1) is 0 Å². The Morgan fingerprint density at radius 1 is 1.30 bits per heavy atom. The van der Waals surface area contributed by atoms with Crippen LogP contribution in [-0.2, 0) is 0 Å². The molecule has 0 saturated carbocycles. The first-order valence-electron chi connectivity index (χ1n) is 2.73. The second kappa shape index (κ2) is 3.93. The predicted octanol–water partition coefficient (Wildman–Crippen LogP) is 3.11. The van der Waals surface area contributed by atoms with Crippen LogP contribution in [0.5, 0.6) is 0 Å². The van der Waals surface area contributed by atoms with E-state index >= 15 is 0 Å². The van der Waals surface area contributed by atoms with Crippen molar-refractivity contribution in [3.8, 4) is 0 Å². The first-order valence-corrected chi connectivity index (χ1v) is 4.07. The highest BCUT2D eigenvalue weighted by Gasteiger charge is 1.86. The Bertz CT molecular complexity index is 230. The Balaban J connectivity index is 2.89. The molecule has 0 unspecified atom stereocenters. The molecule has 1 nitrogen and oxygen atoms in total. The number of hydrogen-bond acceptors (Lipinski definition) is 1. The topological polar surface area (TPSA) is 12.4 Å². The lowest BCUT2D eigenvalue weighted by Gasteiger charge is -1.89. The maximum absolute atomic E-state index is 5.67. The molecule has 0 amide bonds. The van der Waals surface area contributed by atoms with Crippen LogP contribution in [0.3, 0.4) is 0 Å². The molecule has 1 aromatic carbocycles.